The lowest BCUT2D eigenvalue weighted by Gasteiger charge is -2.11. The Labute approximate surface area is 157 Å². The predicted molar refractivity (Wildman–Crippen MR) is 99.8 cm³/mol. The molecule has 0 bridgehead atoms. The van der Waals surface area contributed by atoms with Crippen molar-refractivity contribution < 1.29 is 23.9 Å². The first-order chi connectivity index (χ1) is 13.0. The summed E-state index contributed by atoms with van der Waals surface area (Å²) in [4.78, 5) is 36.0. The summed E-state index contributed by atoms with van der Waals surface area (Å²) in [5.41, 5.74) is 5.47. The number of Topliss-reactive ketones (excluding diaryl/α,β-unsaturated/α-hetero) is 1. The minimum atomic E-state index is -0.501. The number of methoxy groups -OCH3 is 1. The normalized spacial score (nSPS) is 10.0. The van der Waals surface area contributed by atoms with E-state index in [0.29, 0.717) is 29.2 Å². The number of carbonyl (C=O) groups is 3. The Hall–Kier alpha value is -3.35. The summed E-state index contributed by atoms with van der Waals surface area (Å²) in [6.45, 7) is 2.32. The molecular weight excluding hydrogens is 348 g/mol. The van der Waals surface area contributed by atoms with Gasteiger partial charge in [-0.15, -0.1) is 0 Å². The molecule has 27 heavy (non-hydrogen) atoms. The average molecular weight is 370 g/mol. The van der Waals surface area contributed by atoms with E-state index in [2.05, 4.69) is 10.9 Å². The molecular formula is C20H22N2O5. The molecule has 0 aliphatic rings. The van der Waals surface area contributed by atoms with Gasteiger partial charge in [0.1, 0.15) is 0 Å². The summed E-state index contributed by atoms with van der Waals surface area (Å²) in [7, 11) is 1.48. The van der Waals surface area contributed by atoms with Gasteiger partial charge in [-0.05, 0) is 25.1 Å². The Morgan fingerprint density at radius 3 is 2.30 bits per heavy atom. The molecule has 0 saturated heterocycles. The van der Waals surface area contributed by atoms with Gasteiger partial charge in [0.25, 0.3) is 5.91 Å². The van der Waals surface area contributed by atoms with E-state index in [1.165, 1.54) is 13.2 Å². The van der Waals surface area contributed by atoms with Gasteiger partial charge in [-0.3, -0.25) is 25.2 Å². The van der Waals surface area contributed by atoms with Crippen LogP contribution in [-0.4, -0.2) is 31.3 Å². The zero-order chi connectivity index (χ0) is 19.6. The highest BCUT2D eigenvalue weighted by Crippen LogP contribution is 2.27. The van der Waals surface area contributed by atoms with Crippen molar-refractivity contribution in [3.63, 3.8) is 0 Å². The van der Waals surface area contributed by atoms with E-state index >= 15 is 0 Å². The summed E-state index contributed by atoms with van der Waals surface area (Å²) in [5, 5.41) is 0. The maximum Gasteiger partial charge on any atom is 0.269 e. The van der Waals surface area contributed by atoms with Crippen LogP contribution in [0.3, 0.4) is 0 Å². The minimum Gasteiger partial charge on any atom is -0.493 e. The summed E-state index contributed by atoms with van der Waals surface area (Å²) in [6, 6.07) is 13.4. The molecule has 7 heteroatoms. The van der Waals surface area contributed by atoms with Crippen LogP contribution in [0.4, 0.5) is 0 Å². The van der Waals surface area contributed by atoms with Crippen molar-refractivity contribution in [1.82, 2.24) is 10.9 Å². The summed E-state index contributed by atoms with van der Waals surface area (Å²) in [5.74, 6) is -0.137. The van der Waals surface area contributed by atoms with Crippen molar-refractivity contribution in [2.45, 2.75) is 19.8 Å². The summed E-state index contributed by atoms with van der Waals surface area (Å²) in [6.07, 6.45) is 0.0310. The number of carbonyl (C=O) groups excluding carboxylic acids is 3. The number of rotatable bonds is 8. The van der Waals surface area contributed by atoms with Crippen LogP contribution in [0, 0.1) is 0 Å². The monoisotopic (exact) mass is 370 g/mol. The van der Waals surface area contributed by atoms with E-state index in [1.54, 1.807) is 36.4 Å². The van der Waals surface area contributed by atoms with E-state index in [9.17, 15) is 14.4 Å². The average Bonchev–Trinajstić information content (AvgIpc) is 2.71. The second-order valence-corrected chi connectivity index (χ2v) is 5.59. The van der Waals surface area contributed by atoms with Gasteiger partial charge in [-0.2, -0.15) is 0 Å². The molecule has 2 aromatic rings. The number of amides is 2. The topological polar surface area (TPSA) is 93.7 Å². The molecule has 0 heterocycles. The van der Waals surface area contributed by atoms with Crippen molar-refractivity contribution in [2.24, 2.45) is 0 Å². The lowest BCUT2D eigenvalue weighted by Crippen LogP contribution is -2.41. The molecule has 0 fully saturated rings. The second-order valence-electron chi connectivity index (χ2n) is 5.59. The standard InChI is InChI=1S/C20H22N2O5/c1-3-27-17-11-9-15(13-18(17)26-2)20(25)22-21-19(24)12-10-16(23)14-7-5-4-6-8-14/h4-9,11,13H,3,10,12H2,1-2H3,(H,21,24)(H,22,25). The first-order valence-electron chi connectivity index (χ1n) is 8.53. The van der Waals surface area contributed by atoms with Crippen molar-refractivity contribution in [1.29, 1.82) is 0 Å². The largest absolute Gasteiger partial charge is 0.493 e. The molecule has 0 aromatic heterocycles. The molecule has 0 saturated carbocycles. The van der Waals surface area contributed by atoms with Crippen LogP contribution in [0.1, 0.15) is 40.5 Å². The van der Waals surface area contributed by atoms with Crippen molar-refractivity contribution in [3.05, 3.63) is 59.7 Å². The van der Waals surface area contributed by atoms with Gasteiger partial charge in [0.2, 0.25) is 5.91 Å². The third-order valence-electron chi connectivity index (χ3n) is 3.72. The molecule has 2 aromatic carbocycles. The highest BCUT2D eigenvalue weighted by atomic mass is 16.5. The third-order valence-corrected chi connectivity index (χ3v) is 3.72. The van der Waals surface area contributed by atoms with E-state index in [4.69, 9.17) is 9.47 Å². The second kappa shape index (κ2) is 9.96. The fourth-order valence-electron chi connectivity index (χ4n) is 2.34. The number of hydrogen-bond acceptors (Lipinski definition) is 5. The maximum absolute atomic E-state index is 12.2. The van der Waals surface area contributed by atoms with E-state index in [-0.39, 0.29) is 18.6 Å². The first kappa shape index (κ1) is 20.0. The van der Waals surface area contributed by atoms with E-state index in [0.717, 1.165) is 0 Å². The van der Waals surface area contributed by atoms with E-state index < -0.39 is 11.8 Å². The van der Waals surface area contributed by atoms with Crippen molar-refractivity contribution >= 4 is 17.6 Å². The van der Waals surface area contributed by atoms with Crippen LogP contribution in [0.2, 0.25) is 0 Å². The number of benzene rings is 2. The molecule has 0 spiro atoms. The molecule has 0 unspecified atom stereocenters. The molecule has 2 rings (SSSR count). The molecule has 7 nitrogen and oxygen atoms in total. The lowest BCUT2D eigenvalue weighted by atomic mass is 10.1. The van der Waals surface area contributed by atoms with E-state index in [1.807, 2.05) is 13.0 Å². The van der Waals surface area contributed by atoms with Crippen LogP contribution < -0.4 is 20.3 Å². The number of hydrogen-bond donors (Lipinski definition) is 2. The molecule has 0 radical (unpaired) electrons. The van der Waals surface area contributed by atoms with Gasteiger partial charge >= 0.3 is 0 Å². The zero-order valence-electron chi connectivity index (χ0n) is 15.3. The fraction of sp³-hybridized carbons (Fsp3) is 0.250. The molecule has 0 aliphatic carbocycles. The van der Waals surface area contributed by atoms with Gasteiger partial charge in [0, 0.05) is 24.0 Å². The fourth-order valence-corrected chi connectivity index (χ4v) is 2.34. The number of ketones is 1. The van der Waals surface area contributed by atoms with Gasteiger partial charge in [-0.25, -0.2) is 0 Å². The highest BCUT2D eigenvalue weighted by molar-refractivity contribution is 5.99. The molecule has 2 amide bonds. The Morgan fingerprint density at radius 1 is 0.889 bits per heavy atom. The van der Waals surface area contributed by atoms with Crippen LogP contribution in [-0.2, 0) is 4.79 Å². The molecule has 0 atom stereocenters. The smallest absolute Gasteiger partial charge is 0.269 e. The van der Waals surface area contributed by atoms with Gasteiger partial charge in [0.05, 0.1) is 13.7 Å². The van der Waals surface area contributed by atoms with Crippen LogP contribution in [0.5, 0.6) is 11.5 Å². The van der Waals surface area contributed by atoms with Gasteiger partial charge in [0.15, 0.2) is 17.3 Å². The minimum absolute atomic E-state index is 0.0272. The predicted octanol–water partition coefficient (Wildman–Crippen LogP) is 2.52. The third kappa shape index (κ3) is 5.85. The first-order valence-corrected chi connectivity index (χ1v) is 8.53. The van der Waals surface area contributed by atoms with Crippen molar-refractivity contribution in [2.75, 3.05) is 13.7 Å². The highest BCUT2D eigenvalue weighted by Gasteiger charge is 2.13. The maximum atomic E-state index is 12.2. The Balaban J connectivity index is 1.84. The van der Waals surface area contributed by atoms with Gasteiger partial charge < -0.3 is 9.47 Å². The summed E-state index contributed by atoms with van der Waals surface area (Å²) >= 11 is 0. The van der Waals surface area contributed by atoms with Crippen molar-refractivity contribution in [3.8, 4) is 11.5 Å². The number of ether oxygens (including phenoxy) is 2. The van der Waals surface area contributed by atoms with Crippen LogP contribution >= 0.6 is 0 Å². The van der Waals surface area contributed by atoms with Gasteiger partial charge in [-0.1, -0.05) is 30.3 Å². The van der Waals surface area contributed by atoms with Crippen LogP contribution in [0.15, 0.2) is 48.5 Å². The zero-order valence-corrected chi connectivity index (χ0v) is 15.3. The summed E-state index contributed by atoms with van der Waals surface area (Å²) < 4.78 is 10.6. The SMILES string of the molecule is CCOc1ccc(C(=O)NNC(=O)CCC(=O)c2ccccc2)cc1OC. The Kier molecular flexibility index (Phi) is 7.37. The number of hydrazine groups is 1. The Bertz CT molecular complexity index is 805. The molecule has 2 N–H and O–H groups in total. The number of nitrogens with one attached hydrogen (secondary N) is 2. The lowest BCUT2D eigenvalue weighted by molar-refractivity contribution is -0.121. The quantitative estimate of drug-likeness (QED) is 0.550. The molecule has 142 valence electrons. The Morgan fingerprint density at radius 2 is 1.63 bits per heavy atom. The van der Waals surface area contributed by atoms with Crippen LogP contribution in [0.25, 0.3) is 0 Å². The molecule has 0 aliphatic heterocycles.